The molecule has 0 saturated carbocycles. The normalized spacial score (nSPS) is 10.6. The predicted octanol–water partition coefficient (Wildman–Crippen LogP) is 3.73. The van der Waals surface area contributed by atoms with E-state index < -0.39 is 17.5 Å². The zero-order valence-electron chi connectivity index (χ0n) is 12.3. The van der Waals surface area contributed by atoms with Crippen LogP contribution < -0.4 is 5.32 Å². The van der Waals surface area contributed by atoms with Gasteiger partial charge in [0.05, 0.1) is 11.9 Å². The lowest BCUT2D eigenvalue weighted by Crippen LogP contribution is -2.22. The third-order valence-electron chi connectivity index (χ3n) is 3.36. The lowest BCUT2D eigenvalue weighted by molar-refractivity contribution is 0.0950. The van der Waals surface area contributed by atoms with Crippen molar-refractivity contribution in [2.75, 3.05) is 0 Å². The molecule has 0 saturated heterocycles. The summed E-state index contributed by atoms with van der Waals surface area (Å²) in [5.41, 5.74) is 1.65. The summed E-state index contributed by atoms with van der Waals surface area (Å²) < 4.78 is 27.7. The topological polar surface area (TPSA) is 46.9 Å². The monoisotopic (exact) mass is 347 g/mol. The largest absolute Gasteiger partial charge is 0.348 e. The molecule has 0 fully saturated rings. The van der Waals surface area contributed by atoms with Crippen LogP contribution in [-0.4, -0.2) is 15.7 Å². The summed E-state index contributed by atoms with van der Waals surface area (Å²) in [5, 5.41) is 7.47. The summed E-state index contributed by atoms with van der Waals surface area (Å²) in [7, 11) is 0. The van der Waals surface area contributed by atoms with Crippen LogP contribution in [0.15, 0.2) is 54.9 Å². The number of hydrogen-bond donors (Lipinski definition) is 1. The average molecular weight is 348 g/mol. The lowest BCUT2D eigenvalue weighted by atomic mass is 10.2. The molecule has 7 heteroatoms. The molecule has 24 heavy (non-hydrogen) atoms. The lowest BCUT2D eigenvalue weighted by Gasteiger charge is -2.04. The minimum Gasteiger partial charge on any atom is -0.348 e. The van der Waals surface area contributed by atoms with Gasteiger partial charge in [0.25, 0.3) is 5.91 Å². The number of amides is 1. The molecule has 0 aliphatic rings. The van der Waals surface area contributed by atoms with Crippen LogP contribution in [0.2, 0.25) is 5.02 Å². The minimum atomic E-state index is -1.06. The summed E-state index contributed by atoms with van der Waals surface area (Å²) in [5.74, 6) is -2.54. The molecule has 1 aromatic heterocycles. The van der Waals surface area contributed by atoms with Gasteiger partial charge in [-0.05, 0) is 42.5 Å². The van der Waals surface area contributed by atoms with Crippen molar-refractivity contribution in [1.29, 1.82) is 0 Å². The van der Waals surface area contributed by atoms with E-state index in [4.69, 9.17) is 11.6 Å². The second kappa shape index (κ2) is 6.80. The molecule has 1 amide bonds. The van der Waals surface area contributed by atoms with Crippen molar-refractivity contribution in [3.8, 4) is 5.69 Å². The second-order valence-electron chi connectivity index (χ2n) is 5.08. The van der Waals surface area contributed by atoms with E-state index >= 15 is 0 Å². The molecule has 0 aliphatic heterocycles. The summed E-state index contributed by atoms with van der Waals surface area (Å²) >= 11 is 5.84. The molecule has 1 heterocycles. The van der Waals surface area contributed by atoms with E-state index in [0.717, 1.165) is 23.4 Å². The fraction of sp³-hybridized carbons (Fsp3) is 0.0588. The second-order valence-corrected chi connectivity index (χ2v) is 5.52. The van der Waals surface area contributed by atoms with Gasteiger partial charge in [-0.15, -0.1) is 0 Å². The molecule has 0 unspecified atom stereocenters. The van der Waals surface area contributed by atoms with E-state index in [9.17, 15) is 13.6 Å². The standard InChI is InChI=1S/C17H12ClF2N3O/c18-13-2-4-14(5-3-13)23-10-11(9-22-23)8-21-17(24)12-1-6-15(19)16(20)7-12/h1-7,9-10H,8H2,(H,21,24). The van der Waals surface area contributed by atoms with Gasteiger partial charge in [0.1, 0.15) is 0 Å². The Balaban J connectivity index is 1.65. The number of rotatable bonds is 4. The van der Waals surface area contributed by atoms with E-state index in [1.807, 2.05) is 12.1 Å². The van der Waals surface area contributed by atoms with Crippen LogP contribution in [0.5, 0.6) is 0 Å². The molecular formula is C17H12ClF2N3O. The Kier molecular flexibility index (Phi) is 4.57. The molecule has 0 aliphatic carbocycles. The van der Waals surface area contributed by atoms with Gasteiger partial charge in [0, 0.05) is 28.9 Å². The summed E-state index contributed by atoms with van der Waals surface area (Å²) in [6.45, 7) is 0.214. The minimum absolute atomic E-state index is 0.0546. The summed E-state index contributed by atoms with van der Waals surface area (Å²) in [6, 6.07) is 10.2. The highest BCUT2D eigenvalue weighted by atomic mass is 35.5. The van der Waals surface area contributed by atoms with E-state index in [1.165, 1.54) is 6.07 Å². The fourth-order valence-corrected chi connectivity index (χ4v) is 2.23. The third-order valence-corrected chi connectivity index (χ3v) is 3.61. The number of nitrogens with one attached hydrogen (secondary N) is 1. The molecule has 0 radical (unpaired) electrons. The van der Waals surface area contributed by atoms with Crippen molar-refractivity contribution < 1.29 is 13.6 Å². The Bertz CT molecular complexity index is 878. The van der Waals surface area contributed by atoms with Gasteiger partial charge in [0.15, 0.2) is 11.6 Å². The number of carbonyl (C=O) groups excluding carboxylic acids is 1. The molecule has 3 rings (SSSR count). The van der Waals surface area contributed by atoms with Crippen molar-refractivity contribution in [2.24, 2.45) is 0 Å². The van der Waals surface area contributed by atoms with Crippen molar-refractivity contribution in [3.05, 3.63) is 82.6 Å². The Morgan fingerprint density at radius 3 is 2.58 bits per heavy atom. The van der Waals surface area contributed by atoms with Gasteiger partial charge < -0.3 is 5.32 Å². The van der Waals surface area contributed by atoms with Crippen molar-refractivity contribution >= 4 is 17.5 Å². The van der Waals surface area contributed by atoms with Crippen molar-refractivity contribution in [2.45, 2.75) is 6.54 Å². The van der Waals surface area contributed by atoms with Crippen LogP contribution in [0.1, 0.15) is 15.9 Å². The zero-order valence-corrected chi connectivity index (χ0v) is 13.1. The van der Waals surface area contributed by atoms with E-state index in [1.54, 1.807) is 29.2 Å². The van der Waals surface area contributed by atoms with Crippen LogP contribution in [0.25, 0.3) is 5.69 Å². The Morgan fingerprint density at radius 1 is 1.12 bits per heavy atom. The fourth-order valence-electron chi connectivity index (χ4n) is 2.11. The maximum Gasteiger partial charge on any atom is 0.251 e. The SMILES string of the molecule is O=C(NCc1cnn(-c2ccc(Cl)cc2)c1)c1ccc(F)c(F)c1. The van der Waals surface area contributed by atoms with E-state index in [2.05, 4.69) is 10.4 Å². The first-order chi connectivity index (χ1) is 11.5. The summed E-state index contributed by atoms with van der Waals surface area (Å²) in [6.07, 6.45) is 3.37. The Labute approximate surface area is 141 Å². The highest BCUT2D eigenvalue weighted by molar-refractivity contribution is 6.30. The number of benzene rings is 2. The third kappa shape index (κ3) is 3.60. The maximum atomic E-state index is 13.1. The highest BCUT2D eigenvalue weighted by Crippen LogP contribution is 2.13. The van der Waals surface area contributed by atoms with Gasteiger partial charge in [-0.25, -0.2) is 13.5 Å². The number of halogens is 3. The van der Waals surface area contributed by atoms with Gasteiger partial charge in [-0.2, -0.15) is 5.10 Å². The van der Waals surface area contributed by atoms with Crippen LogP contribution >= 0.6 is 11.6 Å². The predicted molar refractivity (Wildman–Crippen MR) is 86.1 cm³/mol. The van der Waals surface area contributed by atoms with Crippen LogP contribution in [0.4, 0.5) is 8.78 Å². The summed E-state index contributed by atoms with van der Waals surface area (Å²) in [4.78, 5) is 12.0. The molecule has 3 aromatic rings. The quantitative estimate of drug-likeness (QED) is 0.781. The maximum absolute atomic E-state index is 13.1. The van der Waals surface area contributed by atoms with Crippen LogP contribution in [0.3, 0.4) is 0 Å². The first-order valence-corrected chi connectivity index (χ1v) is 7.43. The van der Waals surface area contributed by atoms with E-state index in [-0.39, 0.29) is 12.1 Å². The molecule has 2 aromatic carbocycles. The zero-order chi connectivity index (χ0) is 17.1. The van der Waals surface area contributed by atoms with Gasteiger partial charge in [0.2, 0.25) is 0 Å². The van der Waals surface area contributed by atoms with E-state index in [0.29, 0.717) is 5.02 Å². The van der Waals surface area contributed by atoms with Gasteiger partial charge in [-0.1, -0.05) is 11.6 Å². The number of nitrogens with zero attached hydrogens (tertiary/aromatic N) is 2. The average Bonchev–Trinajstić information content (AvgIpc) is 3.05. The number of carbonyl (C=O) groups is 1. The highest BCUT2D eigenvalue weighted by Gasteiger charge is 2.10. The molecule has 122 valence electrons. The smallest absolute Gasteiger partial charge is 0.251 e. The molecule has 0 spiro atoms. The van der Waals surface area contributed by atoms with Gasteiger partial charge in [-0.3, -0.25) is 4.79 Å². The van der Waals surface area contributed by atoms with Crippen LogP contribution in [-0.2, 0) is 6.54 Å². The molecule has 0 bridgehead atoms. The first kappa shape index (κ1) is 16.1. The van der Waals surface area contributed by atoms with Crippen molar-refractivity contribution in [3.63, 3.8) is 0 Å². The molecular weight excluding hydrogens is 336 g/mol. The Morgan fingerprint density at radius 2 is 1.88 bits per heavy atom. The van der Waals surface area contributed by atoms with Gasteiger partial charge >= 0.3 is 0 Å². The van der Waals surface area contributed by atoms with Crippen LogP contribution in [0, 0.1) is 11.6 Å². The number of hydrogen-bond acceptors (Lipinski definition) is 2. The first-order valence-electron chi connectivity index (χ1n) is 7.05. The molecule has 0 atom stereocenters. The number of aromatic nitrogens is 2. The molecule has 1 N–H and O–H groups in total. The van der Waals surface area contributed by atoms with Crippen molar-refractivity contribution in [1.82, 2.24) is 15.1 Å². The molecule has 4 nitrogen and oxygen atoms in total. The Hall–Kier alpha value is -2.73.